The van der Waals surface area contributed by atoms with Crippen LogP contribution in [-0.4, -0.2) is 5.97 Å². The smallest absolute Gasteiger partial charge is 0.353 e. The van der Waals surface area contributed by atoms with E-state index in [1.165, 1.54) is 11.3 Å². The summed E-state index contributed by atoms with van der Waals surface area (Å²) in [6.07, 6.45) is 0. The molecule has 0 aliphatic carbocycles. The second kappa shape index (κ2) is 7.82. The average Bonchev–Trinajstić information content (AvgIpc) is 3.26. The van der Waals surface area contributed by atoms with Crippen molar-refractivity contribution in [2.45, 2.75) is 40.0 Å². The summed E-state index contributed by atoms with van der Waals surface area (Å²) in [6.45, 7) is 10.3. The van der Waals surface area contributed by atoms with Crippen LogP contribution in [0.15, 0.2) is 63.1 Å². The van der Waals surface area contributed by atoms with Crippen LogP contribution in [0.4, 0.5) is 0 Å². The van der Waals surface area contributed by atoms with Crippen molar-refractivity contribution in [1.29, 1.82) is 0 Å². The van der Waals surface area contributed by atoms with Crippen molar-refractivity contribution in [3.8, 4) is 17.1 Å². The third kappa shape index (κ3) is 4.06. The largest absolute Gasteiger partial charge is 0.452 e. The van der Waals surface area contributed by atoms with Crippen LogP contribution in [0.2, 0.25) is 0 Å². The number of hydrogen-bond acceptors (Lipinski definition) is 5. The number of aryl methyl sites for hydroxylation is 2. The van der Waals surface area contributed by atoms with Gasteiger partial charge in [-0.2, -0.15) is 0 Å². The Hall–Kier alpha value is -3.18. The first-order chi connectivity index (χ1) is 14.6. The van der Waals surface area contributed by atoms with Crippen LogP contribution >= 0.6 is 11.3 Å². The van der Waals surface area contributed by atoms with Gasteiger partial charge >= 0.3 is 5.97 Å². The Kier molecular flexibility index (Phi) is 5.31. The molecule has 0 bridgehead atoms. The zero-order valence-electron chi connectivity index (χ0n) is 18.2. The summed E-state index contributed by atoms with van der Waals surface area (Å²) < 4.78 is 11.8. The molecule has 31 heavy (non-hydrogen) atoms. The highest BCUT2D eigenvalue weighted by atomic mass is 32.1. The Morgan fingerprint density at radius 3 is 2.29 bits per heavy atom. The topological polar surface area (TPSA) is 56.5 Å². The second-order valence-corrected chi connectivity index (χ2v) is 9.66. The van der Waals surface area contributed by atoms with Crippen molar-refractivity contribution in [3.05, 3.63) is 85.7 Å². The highest BCUT2D eigenvalue weighted by Gasteiger charge is 2.23. The lowest BCUT2D eigenvalue weighted by Crippen LogP contribution is -2.16. The number of hydrogen-bond donors (Lipinski definition) is 0. The van der Waals surface area contributed by atoms with Gasteiger partial charge in [0.05, 0.1) is 5.39 Å². The van der Waals surface area contributed by atoms with Gasteiger partial charge in [-0.25, -0.2) is 4.79 Å². The maximum atomic E-state index is 13.4. The summed E-state index contributed by atoms with van der Waals surface area (Å²) in [5, 5.41) is 2.18. The molecule has 4 aromatic rings. The third-order valence-electron chi connectivity index (χ3n) is 5.40. The van der Waals surface area contributed by atoms with E-state index in [9.17, 15) is 9.59 Å². The lowest BCUT2D eigenvalue weighted by Gasteiger charge is -2.19. The number of carbonyl (C=O) groups is 1. The normalized spacial score (nSPS) is 11.6. The van der Waals surface area contributed by atoms with Gasteiger partial charge in [-0.05, 0) is 59.5 Å². The van der Waals surface area contributed by atoms with Gasteiger partial charge in [-0.3, -0.25) is 4.79 Å². The zero-order chi connectivity index (χ0) is 22.3. The molecule has 0 radical (unpaired) electrons. The first-order valence-corrected chi connectivity index (χ1v) is 11.0. The predicted octanol–water partition coefficient (Wildman–Crippen LogP) is 6.66. The average molecular weight is 433 g/mol. The van der Waals surface area contributed by atoms with Crippen LogP contribution in [-0.2, 0) is 5.41 Å². The molecule has 0 N–H and O–H groups in total. The SMILES string of the molecule is Cc1cc2oc(-c3ccc(C(C)(C)C)cc3)c(OC(=O)c3cccs3)c(=O)c2cc1C. The highest BCUT2D eigenvalue weighted by molar-refractivity contribution is 7.12. The molecule has 0 fully saturated rings. The van der Waals surface area contributed by atoms with E-state index in [0.717, 1.165) is 16.7 Å². The molecule has 0 atom stereocenters. The van der Waals surface area contributed by atoms with Crippen molar-refractivity contribution in [2.75, 3.05) is 0 Å². The fourth-order valence-electron chi connectivity index (χ4n) is 3.38. The molecule has 0 saturated heterocycles. The van der Waals surface area contributed by atoms with Crippen LogP contribution in [0.1, 0.15) is 47.1 Å². The minimum Gasteiger partial charge on any atom is -0.452 e. The molecule has 158 valence electrons. The van der Waals surface area contributed by atoms with Crippen LogP contribution in [0.25, 0.3) is 22.3 Å². The fraction of sp³-hybridized carbons (Fsp3) is 0.231. The Labute approximate surface area is 185 Å². The molecule has 4 nitrogen and oxygen atoms in total. The Bertz CT molecular complexity index is 1320. The van der Waals surface area contributed by atoms with E-state index >= 15 is 0 Å². The van der Waals surface area contributed by atoms with E-state index in [0.29, 0.717) is 21.4 Å². The number of esters is 1. The van der Waals surface area contributed by atoms with Crippen LogP contribution in [0, 0.1) is 13.8 Å². The molecule has 0 spiro atoms. The number of ether oxygens (including phenoxy) is 1. The van der Waals surface area contributed by atoms with Crippen molar-refractivity contribution in [2.24, 2.45) is 0 Å². The minimum absolute atomic E-state index is 0.00808. The molecule has 0 aliphatic rings. The molecule has 0 saturated carbocycles. The fourth-order valence-corrected chi connectivity index (χ4v) is 3.97. The van der Waals surface area contributed by atoms with E-state index in [-0.39, 0.29) is 22.4 Å². The molecule has 5 heteroatoms. The van der Waals surface area contributed by atoms with Crippen molar-refractivity contribution in [1.82, 2.24) is 0 Å². The van der Waals surface area contributed by atoms with Gasteiger partial charge in [-0.15, -0.1) is 11.3 Å². The molecular weight excluding hydrogens is 408 g/mol. The Morgan fingerprint density at radius 2 is 1.68 bits per heavy atom. The van der Waals surface area contributed by atoms with Gasteiger partial charge < -0.3 is 9.15 Å². The standard InChI is InChI=1S/C26H24O4S/c1-15-13-19-20(14-16(15)2)29-23(17-8-10-18(11-9-17)26(3,4)5)24(22(19)27)30-25(28)21-7-6-12-31-21/h6-14H,1-5H3. The van der Waals surface area contributed by atoms with Crippen LogP contribution in [0.5, 0.6) is 5.75 Å². The first kappa shape index (κ1) is 21.1. The summed E-state index contributed by atoms with van der Waals surface area (Å²) in [6, 6.07) is 14.9. The van der Waals surface area contributed by atoms with E-state index in [2.05, 4.69) is 20.8 Å². The summed E-state index contributed by atoms with van der Waals surface area (Å²) in [5.74, 6) is -0.401. The van der Waals surface area contributed by atoms with Crippen LogP contribution in [0.3, 0.4) is 0 Å². The van der Waals surface area contributed by atoms with Gasteiger partial charge in [0.15, 0.2) is 5.76 Å². The lowest BCUT2D eigenvalue weighted by molar-refractivity contribution is 0.0736. The summed E-state index contributed by atoms with van der Waals surface area (Å²) in [4.78, 5) is 26.5. The third-order valence-corrected chi connectivity index (χ3v) is 6.25. The summed E-state index contributed by atoms with van der Waals surface area (Å²) >= 11 is 1.26. The van der Waals surface area contributed by atoms with Gasteiger partial charge in [0.25, 0.3) is 0 Å². The number of thiophene rings is 1. The first-order valence-electron chi connectivity index (χ1n) is 10.1. The van der Waals surface area contributed by atoms with Crippen molar-refractivity contribution < 1.29 is 13.9 Å². The quantitative estimate of drug-likeness (QED) is 0.340. The van der Waals surface area contributed by atoms with Gasteiger partial charge in [0.1, 0.15) is 10.5 Å². The highest BCUT2D eigenvalue weighted by Crippen LogP contribution is 2.34. The maximum absolute atomic E-state index is 13.4. The summed E-state index contributed by atoms with van der Waals surface area (Å²) in [7, 11) is 0. The number of benzene rings is 2. The molecule has 4 rings (SSSR count). The summed E-state index contributed by atoms with van der Waals surface area (Å²) in [5.41, 5.74) is 3.93. The van der Waals surface area contributed by atoms with Gasteiger partial charge in [0, 0.05) is 5.56 Å². The zero-order valence-corrected chi connectivity index (χ0v) is 19.1. The number of rotatable bonds is 3. The lowest BCUT2D eigenvalue weighted by atomic mass is 9.86. The van der Waals surface area contributed by atoms with Crippen molar-refractivity contribution >= 4 is 28.3 Å². The maximum Gasteiger partial charge on any atom is 0.353 e. The molecule has 0 amide bonds. The second-order valence-electron chi connectivity index (χ2n) is 8.72. The minimum atomic E-state index is -0.571. The predicted molar refractivity (Wildman–Crippen MR) is 125 cm³/mol. The molecule has 2 heterocycles. The van der Waals surface area contributed by atoms with E-state index in [1.54, 1.807) is 23.6 Å². The van der Waals surface area contributed by atoms with E-state index in [1.807, 2.05) is 44.2 Å². The monoisotopic (exact) mass is 432 g/mol. The Balaban J connectivity index is 1.92. The molecular formula is C26H24O4S. The van der Waals surface area contributed by atoms with E-state index in [4.69, 9.17) is 9.15 Å². The van der Waals surface area contributed by atoms with E-state index < -0.39 is 5.97 Å². The molecule has 2 aromatic carbocycles. The van der Waals surface area contributed by atoms with Crippen molar-refractivity contribution in [3.63, 3.8) is 0 Å². The Morgan fingerprint density at radius 1 is 1.00 bits per heavy atom. The van der Waals surface area contributed by atoms with Gasteiger partial charge in [0.2, 0.25) is 11.2 Å². The number of fused-ring (bicyclic) bond motifs is 1. The number of carbonyl (C=O) groups excluding carboxylic acids is 1. The molecule has 2 aromatic heterocycles. The van der Waals surface area contributed by atoms with Gasteiger partial charge in [-0.1, -0.05) is 51.1 Å². The molecule has 0 aliphatic heterocycles. The van der Waals surface area contributed by atoms with Crippen LogP contribution < -0.4 is 10.2 Å². The molecule has 0 unspecified atom stereocenters.